The van der Waals surface area contributed by atoms with Gasteiger partial charge in [0.1, 0.15) is 0 Å². The van der Waals surface area contributed by atoms with E-state index < -0.39 is 0 Å². The Bertz CT molecular complexity index is 601. The van der Waals surface area contributed by atoms with Crippen molar-refractivity contribution < 1.29 is 9.57 Å². The first-order valence-electron chi connectivity index (χ1n) is 7.19. The second-order valence-corrected chi connectivity index (χ2v) is 6.07. The largest absolute Gasteiger partial charge is 0.378 e. The number of halogens is 2. The van der Waals surface area contributed by atoms with E-state index >= 15 is 0 Å². The summed E-state index contributed by atoms with van der Waals surface area (Å²) in [6, 6.07) is 15.8. The van der Waals surface area contributed by atoms with Gasteiger partial charge in [-0.15, -0.1) is 0 Å². The van der Waals surface area contributed by atoms with Gasteiger partial charge in [0.05, 0.1) is 25.9 Å². The summed E-state index contributed by atoms with van der Waals surface area (Å²) in [5.41, 5.74) is 2.14. The summed E-state index contributed by atoms with van der Waals surface area (Å²) < 4.78 is 5.59. The molecule has 0 unspecified atom stereocenters. The molecule has 3 rings (SSSR count). The molecule has 1 atom stereocenters. The van der Waals surface area contributed by atoms with Crippen LogP contribution in [0.2, 0.25) is 10.0 Å². The number of hydrogen-bond acceptors (Lipinski definition) is 3. The summed E-state index contributed by atoms with van der Waals surface area (Å²) in [5.74, 6) is 0. The minimum absolute atomic E-state index is 0.101. The summed E-state index contributed by atoms with van der Waals surface area (Å²) in [6.07, 6.45) is 0. The molecule has 0 aliphatic carbocycles. The first kappa shape index (κ1) is 15.8. The highest BCUT2D eigenvalue weighted by Gasteiger charge is 2.25. The number of hydroxylamine groups is 2. The van der Waals surface area contributed by atoms with Gasteiger partial charge in [-0.25, -0.2) is 0 Å². The maximum atomic E-state index is 6.02. The molecule has 1 aliphatic rings. The Labute approximate surface area is 140 Å². The first-order chi connectivity index (χ1) is 10.7. The molecule has 0 bridgehead atoms. The van der Waals surface area contributed by atoms with Crippen LogP contribution in [0.4, 0.5) is 0 Å². The maximum Gasteiger partial charge on any atom is 0.0937 e. The molecule has 5 heteroatoms. The molecule has 0 N–H and O–H groups in total. The molecule has 2 aromatic carbocycles. The highest BCUT2D eigenvalue weighted by Crippen LogP contribution is 2.26. The third kappa shape index (κ3) is 4.00. The van der Waals surface area contributed by atoms with E-state index in [1.165, 1.54) is 5.56 Å². The van der Waals surface area contributed by atoms with Crippen LogP contribution in [0.15, 0.2) is 48.5 Å². The lowest BCUT2D eigenvalue weighted by Gasteiger charge is -2.34. The highest BCUT2D eigenvalue weighted by atomic mass is 35.5. The van der Waals surface area contributed by atoms with Crippen LogP contribution in [-0.4, -0.2) is 24.8 Å². The van der Waals surface area contributed by atoms with Gasteiger partial charge in [0, 0.05) is 16.6 Å². The molecule has 3 nitrogen and oxygen atoms in total. The molecule has 0 amide bonds. The van der Waals surface area contributed by atoms with E-state index in [-0.39, 0.29) is 6.04 Å². The fourth-order valence-corrected chi connectivity index (χ4v) is 3.10. The number of benzene rings is 2. The van der Waals surface area contributed by atoms with Crippen LogP contribution in [0.3, 0.4) is 0 Å². The van der Waals surface area contributed by atoms with Crippen molar-refractivity contribution in [1.29, 1.82) is 0 Å². The van der Waals surface area contributed by atoms with Crippen LogP contribution in [0.5, 0.6) is 0 Å². The van der Waals surface area contributed by atoms with Crippen molar-refractivity contribution in [2.45, 2.75) is 12.6 Å². The Morgan fingerprint density at radius 2 is 1.82 bits per heavy atom. The van der Waals surface area contributed by atoms with Crippen molar-refractivity contribution in [1.82, 2.24) is 5.06 Å². The van der Waals surface area contributed by atoms with Crippen LogP contribution in [-0.2, 0) is 16.2 Å². The smallest absolute Gasteiger partial charge is 0.0937 e. The third-order valence-corrected chi connectivity index (χ3v) is 4.02. The van der Waals surface area contributed by atoms with Gasteiger partial charge in [-0.2, -0.15) is 5.06 Å². The molecule has 116 valence electrons. The standard InChI is InChI=1S/C17H17Cl2NO2/c18-15-8-13(9-16(19)10-15)11-22-20-6-7-21-12-17(20)14-4-2-1-3-5-14/h1-5,8-10,17H,6-7,11-12H2/t17-/m1/s1. The Hall–Kier alpha value is -1.10. The second-order valence-electron chi connectivity index (χ2n) is 5.19. The minimum Gasteiger partial charge on any atom is -0.378 e. The summed E-state index contributed by atoms with van der Waals surface area (Å²) in [7, 11) is 0. The molecule has 0 saturated carbocycles. The lowest BCUT2D eigenvalue weighted by Crippen LogP contribution is -2.39. The summed E-state index contributed by atoms with van der Waals surface area (Å²) in [5, 5.41) is 3.22. The average molecular weight is 338 g/mol. The predicted octanol–water partition coefficient (Wildman–Crippen LogP) is 4.50. The van der Waals surface area contributed by atoms with Gasteiger partial charge in [0.25, 0.3) is 0 Å². The van der Waals surface area contributed by atoms with E-state index in [9.17, 15) is 0 Å². The number of hydrogen-bond donors (Lipinski definition) is 0. The fraction of sp³-hybridized carbons (Fsp3) is 0.294. The molecule has 1 saturated heterocycles. The van der Waals surface area contributed by atoms with Crippen molar-refractivity contribution in [2.75, 3.05) is 19.8 Å². The van der Waals surface area contributed by atoms with Gasteiger partial charge in [0.2, 0.25) is 0 Å². The van der Waals surface area contributed by atoms with Gasteiger partial charge in [-0.05, 0) is 29.3 Å². The normalized spacial score (nSPS) is 19.3. The van der Waals surface area contributed by atoms with Gasteiger partial charge in [0.15, 0.2) is 0 Å². The zero-order valence-corrected chi connectivity index (χ0v) is 13.6. The van der Waals surface area contributed by atoms with Crippen molar-refractivity contribution >= 4 is 23.2 Å². The Balaban J connectivity index is 1.69. The van der Waals surface area contributed by atoms with Crippen LogP contribution in [0.25, 0.3) is 0 Å². The number of morpholine rings is 1. The number of nitrogens with zero attached hydrogens (tertiary/aromatic N) is 1. The van der Waals surface area contributed by atoms with Crippen LogP contribution in [0, 0.1) is 0 Å². The van der Waals surface area contributed by atoms with Crippen molar-refractivity contribution in [3.8, 4) is 0 Å². The topological polar surface area (TPSA) is 21.7 Å². The molecule has 0 spiro atoms. The molecule has 22 heavy (non-hydrogen) atoms. The minimum atomic E-state index is 0.101. The molecule has 2 aromatic rings. The van der Waals surface area contributed by atoms with E-state index in [0.717, 1.165) is 12.1 Å². The third-order valence-electron chi connectivity index (χ3n) is 3.58. The zero-order chi connectivity index (χ0) is 15.4. The van der Waals surface area contributed by atoms with E-state index in [1.807, 2.05) is 35.4 Å². The summed E-state index contributed by atoms with van der Waals surface area (Å²) >= 11 is 12.0. The van der Waals surface area contributed by atoms with Gasteiger partial charge < -0.3 is 4.74 Å². The number of ether oxygens (including phenoxy) is 1. The van der Waals surface area contributed by atoms with E-state index in [4.69, 9.17) is 32.8 Å². The SMILES string of the molecule is Clc1cc(Cl)cc(CON2CCOC[C@@H]2c2ccccc2)c1. The van der Waals surface area contributed by atoms with Crippen LogP contribution in [0.1, 0.15) is 17.2 Å². The first-order valence-corrected chi connectivity index (χ1v) is 7.95. The molecular formula is C17H17Cl2NO2. The molecule has 1 aliphatic heterocycles. The zero-order valence-electron chi connectivity index (χ0n) is 12.0. The lowest BCUT2D eigenvalue weighted by atomic mass is 10.1. The van der Waals surface area contributed by atoms with E-state index in [0.29, 0.717) is 29.9 Å². The Morgan fingerprint density at radius 1 is 1.09 bits per heavy atom. The second kappa shape index (κ2) is 7.44. The fourth-order valence-electron chi connectivity index (χ4n) is 2.53. The number of rotatable bonds is 4. The van der Waals surface area contributed by atoms with Crippen molar-refractivity contribution in [2.24, 2.45) is 0 Å². The van der Waals surface area contributed by atoms with Crippen LogP contribution < -0.4 is 0 Å². The summed E-state index contributed by atoms with van der Waals surface area (Å²) in [4.78, 5) is 5.98. The van der Waals surface area contributed by atoms with Crippen LogP contribution >= 0.6 is 23.2 Å². The molecule has 1 fully saturated rings. The predicted molar refractivity (Wildman–Crippen MR) is 88.0 cm³/mol. The monoisotopic (exact) mass is 337 g/mol. The molecule has 0 radical (unpaired) electrons. The Morgan fingerprint density at radius 3 is 2.55 bits per heavy atom. The lowest BCUT2D eigenvalue weighted by molar-refractivity contribution is -0.235. The van der Waals surface area contributed by atoms with Gasteiger partial charge >= 0.3 is 0 Å². The van der Waals surface area contributed by atoms with Crippen molar-refractivity contribution in [3.05, 3.63) is 69.7 Å². The highest BCUT2D eigenvalue weighted by molar-refractivity contribution is 6.34. The van der Waals surface area contributed by atoms with E-state index in [1.54, 1.807) is 6.07 Å². The molecule has 0 aromatic heterocycles. The maximum absolute atomic E-state index is 6.02. The van der Waals surface area contributed by atoms with Gasteiger partial charge in [-0.3, -0.25) is 4.84 Å². The summed E-state index contributed by atoms with van der Waals surface area (Å²) in [6.45, 7) is 2.46. The quantitative estimate of drug-likeness (QED) is 0.819. The average Bonchev–Trinajstić information content (AvgIpc) is 2.53. The molecule has 1 heterocycles. The van der Waals surface area contributed by atoms with Crippen molar-refractivity contribution in [3.63, 3.8) is 0 Å². The Kier molecular flexibility index (Phi) is 5.34. The molecular weight excluding hydrogens is 321 g/mol. The van der Waals surface area contributed by atoms with Gasteiger partial charge in [-0.1, -0.05) is 53.5 Å². The van der Waals surface area contributed by atoms with E-state index in [2.05, 4.69) is 12.1 Å².